The second kappa shape index (κ2) is 3.37. The van der Waals surface area contributed by atoms with Crippen LogP contribution in [0.1, 0.15) is 13.8 Å². The van der Waals surface area contributed by atoms with E-state index in [1.807, 2.05) is 18.2 Å². The summed E-state index contributed by atoms with van der Waals surface area (Å²) in [4.78, 5) is 10.7. The van der Waals surface area contributed by atoms with Gasteiger partial charge in [-0.25, -0.2) is 0 Å². The van der Waals surface area contributed by atoms with Crippen molar-refractivity contribution in [3.8, 4) is 0 Å². The van der Waals surface area contributed by atoms with Crippen molar-refractivity contribution in [3.63, 3.8) is 0 Å². The monoisotopic (exact) mass is 151 g/mol. The van der Waals surface area contributed by atoms with Crippen molar-refractivity contribution >= 4 is 5.91 Å². The molecule has 0 saturated carbocycles. The molecule has 2 unspecified atom stereocenters. The molecule has 0 aromatic carbocycles. The van der Waals surface area contributed by atoms with Gasteiger partial charge in [0.1, 0.15) is 0 Å². The standard InChI is InChI=1S/C9H13NO/c1-7-5-3-4-6-9(7)10-8(2)11/h3-7,9H,1-2H3,(H,10,11). The third-order valence-corrected chi connectivity index (χ3v) is 1.78. The molecule has 0 heterocycles. The van der Waals surface area contributed by atoms with Gasteiger partial charge in [-0.15, -0.1) is 0 Å². The summed E-state index contributed by atoms with van der Waals surface area (Å²) in [5.41, 5.74) is 0. The number of rotatable bonds is 1. The highest BCUT2D eigenvalue weighted by atomic mass is 16.1. The summed E-state index contributed by atoms with van der Waals surface area (Å²) in [6.07, 6.45) is 8.05. The molecule has 1 amide bonds. The van der Waals surface area contributed by atoms with Gasteiger partial charge in [-0.3, -0.25) is 4.79 Å². The Bertz CT molecular complexity index is 206. The Morgan fingerprint density at radius 2 is 2.00 bits per heavy atom. The Kier molecular flexibility index (Phi) is 2.47. The first-order chi connectivity index (χ1) is 5.20. The van der Waals surface area contributed by atoms with Crippen molar-refractivity contribution in [2.24, 2.45) is 5.92 Å². The van der Waals surface area contributed by atoms with Crippen LogP contribution in [-0.2, 0) is 4.79 Å². The molecule has 0 saturated heterocycles. The van der Waals surface area contributed by atoms with Gasteiger partial charge in [-0.2, -0.15) is 0 Å². The van der Waals surface area contributed by atoms with Gasteiger partial charge in [0.2, 0.25) is 5.91 Å². The van der Waals surface area contributed by atoms with Crippen LogP contribution in [0.3, 0.4) is 0 Å². The van der Waals surface area contributed by atoms with Crippen LogP contribution in [0.25, 0.3) is 0 Å². The number of nitrogens with one attached hydrogen (secondary N) is 1. The lowest BCUT2D eigenvalue weighted by Crippen LogP contribution is -2.36. The van der Waals surface area contributed by atoms with Crippen LogP contribution in [0, 0.1) is 5.92 Å². The Balaban J connectivity index is 2.52. The smallest absolute Gasteiger partial charge is 0.217 e. The van der Waals surface area contributed by atoms with Gasteiger partial charge < -0.3 is 5.32 Å². The summed E-state index contributed by atoms with van der Waals surface area (Å²) in [7, 11) is 0. The molecule has 0 aliphatic heterocycles. The highest BCUT2D eigenvalue weighted by Crippen LogP contribution is 2.10. The van der Waals surface area contributed by atoms with E-state index in [1.165, 1.54) is 0 Å². The Morgan fingerprint density at radius 3 is 2.55 bits per heavy atom. The van der Waals surface area contributed by atoms with Gasteiger partial charge in [0.15, 0.2) is 0 Å². The third kappa shape index (κ3) is 2.22. The number of carbonyl (C=O) groups is 1. The minimum absolute atomic E-state index is 0.0294. The lowest BCUT2D eigenvalue weighted by Gasteiger charge is -2.20. The molecule has 2 atom stereocenters. The van der Waals surface area contributed by atoms with E-state index in [1.54, 1.807) is 6.92 Å². The number of hydrogen-bond donors (Lipinski definition) is 1. The van der Waals surface area contributed by atoms with E-state index in [2.05, 4.69) is 18.3 Å². The molecule has 1 aliphatic rings. The van der Waals surface area contributed by atoms with E-state index in [-0.39, 0.29) is 11.9 Å². The van der Waals surface area contributed by atoms with Gasteiger partial charge in [-0.1, -0.05) is 31.2 Å². The number of hydrogen-bond acceptors (Lipinski definition) is 1. The van der Waals surface area contributed by atoms with E-state index in [0.29, 0.717) is 5.92 Å². The molecule has 0 fully saturated rings. The molecule has 0 radical (unpaired) electrons. The second-order valence-corrected chi connectivity index (χ2v) is 2.86. The van der Waals surface area contributed by atoms with Crippen LogP contribution < -0.4 is 5.32 Å². The molecule has 1 aliphatic carbocycles. The number of carbonyl (C=O) groups excluding carboxylic acids is 1. The van der Waals surface area contributed by atoms with Crippen molar-refractivity contribution in [3.05, 3.63) is 24.3 Å². The lowest BCUT2D eigenvalue weighted by molar-refractivity contribution is -0.119. The molecule has 60 valence electrons. The second-order valence-electron chi connectivity index (χ2n) is 2.86. The summed E-state index contributed by atoms with van der Waals surface area (Å²) in [6.45, 7) is 3.62. The first kappa shape index (κ1) is 8.05. The Labute approximate surface area is 67.0 Å². The minimum atomic E-state index is 0.0294. The van der Waals surface area contributed by atoms with Crippen LogP contribution in [0.4, 0.5) is 0 Å². The summed E-state index contributed by atoms with van der Waals surface area (Å²) in [5, 5.41) is 2.85. The van der Waals surface area contributed by atoms with E-state index < -0.39 is 0 Å². The summed E-state index contributed by atoms with van der Waals surface area (Å²) in [5.74, 6) is 0.436. The van der Waals surface area contributed by atoms with Crippen molar-refractivity contribution < 1.29 is 4.79 Å². The van der Waals surface area contributed by atoms with Crippen LogP contribution in [0.5, 0.6) is 0 Å². The SMILES string of the molecule is CC(=O)NC1C=CC=CC1C. The molecule has 2 heteroatoms. The fourth-order valence-corrected chi connectivity index (χ4v) is 1.13. The summed E-state index contributed by atoms with van der Waals surface area (Å²) < 4.78 is 0. The Morgan fingerprint density at radius 1 is 1.36 bits per heavy atom. The molecule has 1 rings (SSSR count). The van der Waals surface area contributed by atoms with Gasteiger partial charge in [0.05, 0.1) is 6.04 Å². The fourth-order valence-electron chi connectivity index (χ4n) is 1.13. The molecule has 0 aromatic rings. The zero-order valence-corrected chi connectivity index (χ0v) is 6.87. The van der Waals surface area contributed by atoms with E-state index in [9.17, 15) is 4.79 Å². The number of allylic oxidation sites excluding steroid dienone is 2. The van der Waals surface area contributed by atoms with Gasteiger partial charge >= 0.3 is 0 Å². The molecule has 0 spiro atoms. The van der Waals surface area contributed by atoms with Crippen molar-refractivity contribution in [2.75, 3.05) is 0 Å². The van der Waals surface area contributed by atoms with Crippen LogP contribution in [0.2, 0.25) is 0 Å². The topological polar surface area (TPSA) is 29.1 Å². The third-order valence-electron chi connectivity index (χ3n) is 1.78. The van der Waals surface area contributed by atoms with E-state index >= 15 is 0 Å². The van der Waals surface area contributed by atoms with Gasteiger partial charge in [-0.05, 0) is 5.92 Å². The number of amides is 1. The van der Waals surface area contributed by atoms with Gasteiger partial charge in [0.25, 0.3) is 0 Å². The average molecular weight is 151 g/mol. The van der Waals surface area contributed by atoms with Crippen molar-refractivity contribution in [1.29, 1.82) is 0 Å². The first-order valence-corrected chi connectivity index (χ1v) is 3.82. The van der Waals surface area contributed by atoms with Crippen LogP contribution in [0.15, 0.2) is 24.3 Å². The molecule has 2 nitrogen and oxygen atoms in total. The van der Waals surface area contributed by atoms with E-state index in [4.69, 9.17) is 0 Å². The van der Waals surface area contributed by atoms with E-state index in [0.717, 1.165) is 0 Å². The molecule has 11 heavy (non-hydrogen) atoms. The average Bonchev–Trinajstić information content (AvgIpc) is 1.93. The van der Waals surface area contributed by atoms with Crippen LogP contribution in [-0.4, -0.2) is 11.9 Å². The molecule has 0 bridgehead atoms. The maximum atomic E-state index is 10.7. The highest BCUT2D eigenvalue weighted by Gasteiger charge is 2.13. The normalized spacial score (nSPS) is 28.5. The molecular formula is C9H13NO. The Hall–Kier alpha value is -1.05. The first-order valence-electron chi connectivity index (χ1n) is 3.82. The maximum Gasteiger partial charge on any atom is 0.217 e. The molecule has 1 N–H and O–H groups in total. The highest BCUT2D eigenvalue weighted by molar-refractivity contribution is 5.73. The minimum Gasteiger partial charge on any atom is -0.350 e. The predicted octanol–water partition coefficient (Wildman–Crippen LogP) is 1.25. The summed E-state index contributed by atoms with van der Waals surface area (Å²) in [6, 6.07) is 0.178. The van der Waals surface area contributed by atoms with Crippen LogP contribution >= 0.6 is 0 Å². The molecular weight excluding hydrogens is 138 g/mol. The van der Waals surface area contributed by atoms with Crippen molar-refractivity contribution in [2.45, 2.75) is 19.9 Å². The van der Waals surface area contributed by atoms with Crippen molar-refractivity contribution in [1.82, 2.24) is 5.32 Å². The fraction of sp³-hybridized carbons (Fsp3) is 0.444. The molecule has 0 aromatic heterocycles. The van der Waals surface area contributed by atoms with Gasteiger partial charge in [0, 0.05) is 6.92 Å². The predicted molar refractivity (Wildman–Crippen MR) is 45.0 cm³/mol. The lowest BCUT2D eigenvalue weighted by atomic mass is 9.97. The quantitative estimate of drug-likeness (QED) is 0.600. The zero-order chi connectivity index (χ0) is 8.27. The maximum absolute atomic E-state index is 10.7. The summed E-state index contributed by atoms with van der Waals surface area (Å²) >= 11 is 0. The zero-order valence-electron chi connectivity index (χ0n) is 6.87. The largest absolute Gasteiger partial charge is 0.350 e.